The lowest BCUT2D eigenvalue weighted by atomic mass is 10.0. The molecule has 0 aromatic heterocycles. The number of rotatable bonds is 4. The Hall–Kier alpha value is -1.20. The van der Waals surface area contributed by atoms with Gasteiger partial charge in [0.15, 0.2) is 5.78 Å². The van der Waals surface area contributed by atoms with Gasteiger partial charge in [-0.25, -0.2) is 8.42 Å². The van der Waals surface area contributed by atoms with Crippen molar-refractivity contribution in [2.24, 2.45) is 0 Å². The third kappa shape index (κ3) is 3.38. The van der Waals surface area contributed by atoms with Gasteiger partial charge in [-0.05, 0) is 13.8 Å². The number of likely N-dealkylation sites (N-methyl/N-ethyl adjacent to an activating group) is 1. The molecule has 0 spiro atoms. The van der Waals surface area contributed by atoms with E-state index in [2.05, 4.69) is 0 Å². The van der Waals surface area contributed by atoms with Crippen molar-refractivity contribution in [2.75, 3.05) is 13.3 Å². The lowest BCUT2D eigenvalue weighted by molar-refractivity contribution is 0.0919. The third-order valence-corrected chi connectivity index (χ3v) is 4.15. The maximum absolute atomic E-state index is 12.0. The van der Waals surface area contributed by atoms with Crippen molar-refractivity contribution < 1.29 is 13.2 Å². The van der Waals surface area contributed by atoms with Crippen LogP contribution in [0, 0.1) is 6.92 Å². The number of nitrogens with zero attached hydrogens (tertiary/aromatic N) is 1. The molecule has 0 fully saturated rings. The summed E-state index contributed by atoms with van der Waals surface area (Å²) < 4.78 is 23.8. The van der Waals surface area contributed by atoms with Crippen LogP contribution in [-0.4, -0.2) is 37.9 Å². The second-order valence-corrected chi connectivity index (χ2v) is 6.23. The van der Waals surface area contributed by atoms with Gasteiger partial charge in [0.1, 0.15) is 0 Å². The predicted octanol–water partition coefficient (Wildman–Crippen LogP) is 1.46. The second-order valence-electron chi connectivity index (χ2n) is 4.19. The Kier molecular flexibility index (Phi) is 4.06. The molecule has 0 aliphatic heterocycles. The molecule has 1 aromatic carbocycles. The number of Topliss-reactive ketones (excluding diaryl/α,β-unsaturated/α-hetero) is 1. The van der Waals surface area contributed by atoms with Crippen LogP contribution in [0.3, 0.4) is 0 Å². The molecule has 0 bridgehead atoms. The summed E-state index contributed by atoms with van der Waals surface area (Å²) in [5.41, 5.74) is 1.59. The highest BCUT2D eigenvalue weighted by atomic mass is 32.2. The van der Waals surface area contributed by atoms with E-state index in [-0.39, 0.29) is 5.78 Å². The van der Waals surface area contributed by atoms with Crippen molar-refractivity contribution in [2.45, 2.75) is 19.9 Å². The van der Waals surface area contributed by atoms with Crippen LogP contribution >= 0.6 is 0 Å². The smallest absolute Gasteiger partial charge is 0.211 e. The molecule has 94 valence electrons. The van der Waals surface area contributed by atoms with Crippen molar-refractivity contribution in [3.05, 3.63) is 35.4 Å². The Balaban J connectivity index is 2.95. The van der Waals surface area contributed by atoms with Gasteiger partial charge in [-0.3, -0.25) is 4.79 Å². The summed E-state index contributed by atoms with van der Waals surface area (Å²) in [4.78, 5) is 12.0. The molecule has 1 unspecified atom stereocenters. The van der Waals surface area contributed by atoms with E-state index in [0.717, 1.165) is 16.1 Å². The predicted molar refractivity (Wildman–Crippen MR) is 67.6 cm³/mol. The zero-order valence-corrected chi connectivity index (χ0v) is 11.3. The Morgan fingerprint density at radius 1 is 1.24 bits per heavy atom. The fraction of sp³-hybridized carbons (Fsp3) is 0.417. The first-order chi connectivity index (χ1) is 7.73. The van der Waals surface area contributed by atoms with Crippen molar-refractivity contribution >= 4 is 15.8 Å². The number of carbonyl (C=O) groups excluding carboxylic acids is 1. The van der Waals surface area contributed by atoms with Crippen LogP contribution in [0.15, 0.2) is 24.3 Å². The second kappa shape index (κ2) is 4.98. The van der Waals surface area contributed by atoms with Gasteiger partial charge in [0, 0.05) is 12.6 Å². The summed E-state index contributed by atoms with van der Waals surface area (Å²) in [7, 11) is -1.94. The van der Waals surface area contributed by atoms with E-state index >= 15 is 0 Å². The maximum atomic E-state index is 12.0. The van der Waals surface area contributed by atoms with Crippen LogP contribution in [0.1, 0.15) is 22.8 Å². The molecule has 0 saturated carbocycles. The van der Waals surface area contributed by atoms with E-state index in [1.54, 1.807) is 19.1 Å². The number of hydrogen-bond acceptors (Lipinski definition) is 3. The fourth-order valence-corrected chi connectivity index (χ4v) is 2.08. The van der Waals surface area contributed by atoms with E-state index in [1.165, 1.54) is 7.05 Å². The normalized spacial score (nSPS) is 13.7. The molecule has 0 aliphatic rings. The number of sulfonamides is 1. The first-order valence-electron chi connectivity index (χ1n) is 5.27. The molecule has 1 rings (SSSR count). The fourth-order valence-electron chi connectivity index (χ4n) is 1.41. The molecule has 5 heteroatoms. The van der Waals surface area contributed by atoms with Gasteiger partial charge in [0.05, 0.1) is 12.3 Å². The Morgan fingerprint density at radius 2 is 1.71 bits per heavy atom. The lowest BCUT2D eigenvalue weighted by Crippen LogP contribution is -2.39. The summed E-state index contributed by atoms with van der Waals surface area (Å²) in [5.74, 6) is -0.196. The van der Waals surface area contributed by atoms with Crippen molar-refractivity contribution in [3.63, 3.8) is 0 Å². The summed E-state index contributed by atoms with van der Waals surface area (Å²) in [6.07, 6.45) is 1.09. The Morgan fingerprint density at radius 3 is 2.12 bits per heavy atom. The zero-order valence-electron chi connectivity index (χ0n) is 10.5. The van der Waals surface area contributed by atoms with Gasteiger partial charge in [-0.15, -0.1) is 0 Å². The highest BCUT2D eigenvalue weighted by Gasteiger charge is 2.25. The number of aryl methyl sites for hydroxylation is 1. The van der Waals surface area contributed by atoms with Crippen LogP contribution in [-0.2, 0) is 10.0 Å². The van der Waals surface area contributed by atoms with Crippen LogP contribution in [0.5, 0.6) is 0 Å². The van der Waals surface area contributed by atoms with Gasteiger partial charge in [-0.1, -0.05) is 29.8 Å². The number of carbonyl (C=O) groups is 1. The van der Waals surface area contributed by atoms with E-state index in [4.69, 9.17) is 0 Å². The van der Waals surface area contributed by atoms with Crippen molar-refractivity contribution in [3.8, 4) is 0 Å². The lowest BCUT2D eigenvalue weighted by Gasteiger charge is -2.21. The molecule has 0 saturated heterocycles. The monoisotopic (exact) mass is 255 g/mol. The minimum Gasteiger partial charge on any atom is -0.292 e. The number of benzene rings is 1. The number of hydrogen-bond donors (Lipinski definition) is 0. The van der Waals surface area contributed by atoms with Gasteiger partial charge >= 0.3 is 0 Å². The Bertz CT molecular complexity index is 505. The molecule has 1 aromatic rings. The van der Waals surface area contributed by atoms with E-state index in [0.29, 0.717) is 5.56 Å². The molecule has 4 nitrogen and oxygen atoms in total. The molecule has 0 amide bonds. The zero-order chi connectivity index (χ0) is 13.2. The summed E-state index contributed by atoms with van der Waals surface area (Å²) >= 11 is 0. The average Bonchev–Trinajstić information content (AvgIpc) is 2.26. The van der Waals surface area contributed by atoms with E-state index in [1.807, 2.05) is 19.1 Å². The van der Waals surface area contributed by atoms with Crippen LogP contribution in [0.25, 0.3) is 0 Å². The topological polar surface area (TPSA) is 54.5 Å². The van der Waals surface area contributed by atoms with Crippen LogP contribution < -0.4 is 0 Å². The van der Waals surface area contributed by atoms with Crippen molar-refractivity contribution in [1.82, 2.24) is 4.31 Å². The van der Waals surface area contributed by atoms with Gasteiger partial charge in [-0.2, -0.15) is 4.31 Å². The minimum absolute atomic E-state index is 0.196. The maximum Gasteiger partial charge on any atom is 0.211 e. The quantitative estimate of drug-likeness (QED) is 0.765. The summed E-state index contributed by atoms with van der Waals surface area (Å²) in [5, 5.41) is 0. The molecular weight excluding hydrogens is 238 g/mol. The first kappa shape index (κ1) is 13.9. The average molecular weight is 255 g/mol. The molecule has 0 N–H and O–H groups in total. The third-order valence-electron chi connectivity index (χ3n) is 2.78. The van der Waals surface area contributed by atoms with E-state index < -0.39 is 16.1 Å². The van der Waals surface area contributed by atoms with Crippen LogP contribution in [0.2, 0.25) is 0 Å². The molecule has 0 radical (unpaired) electrons. The molecular formula is C12H17NO3S. The SMILES string of the molecule is Cc1ccc(C(=O)C(C)N(C)S(C)(=O)=O)cc1. The van der Waals surface area contributed by atoms with Crippen molar-refractivity contribution in [1.29, 1.82) is 0 Å². The van der Waals surface area contributed by atoms with E-state index in [9.17, 15) is 13.2 Å². The van der Waals surface area contributed by atoms with Gasteiger partial charge in [0.25, 0.3) is 0 Å². The first-order valence-corrected chi connectivity index (χ1v) is 7.12. The minimum atomic E-state index is -3.35. The molecule has 0 aliphatic carbocycles. The summed E-state index contributed by atoms with van der Waals surface area (Å²) in [6.45, 7) is 3.52. The standard InChI is InChI=1S/C12H17NO3S/c1-9-5-7-11(8-6-9)12(14)10(2)13(3)17(4,15)16/h5-8,10H,1-4H3. The molecule has 1 atom stereocenters. The Labute approximate surface area is 102 Å². The van der Waals surface area contributed by atoms with Crippen LogP contribution in [0.4, 0.5) is 0 Å². The van der Waals surface area contributed by atoms with Gasteiger partial charge < -0.3 is 0 Å². The molecule has 17 heavy (non-hydrogen) atoms. The van der Waals surface area contributed by atoms with Gasteiger partial charge in [0.2, 0.25) is 10.0 Å². The number of ketones is 1. The molecule has 0 heterocycles. The summed E-state index contributed by atoms with van der Waals surface area (Å²) in [6, 6.07) is 6.41. The highest BCUT2D eigenvalue weighted by Crippen LogP contribution is 2.11. The highest BCUT2D eigenvalue weighted by molar-refractivity contribution is 7.88. The largest absolute Gasteiger partial charge is 0.292 e.